The van der Waals surface area contributed by atoms with Crippen molar-refractivity contribution in [3.8, 4) is 0 Å². The van der Waals surface area contributed by atoms with Gasteiger partial charge in [0.1, 0.15) is 0 Å². The van der Waals surface area contributed by atoms with E-state index in [-0.39, 0.29) is 0 Å². The molecule has 0 aromatic carbocycles. The highest BCUT2D eigenvalue weighted by molar-refractivity contribution is 5.79. The van der Waals surface area contributed by atoms with Crippen LogP contribution in [0.2, 0.25) is 0 Å². The number of rotatable bonds is 10. The third-order valence-corrected chi connectivity index (χ3v) is 2.72. The Morgan fingerprint density at radius 3 is 2.50 bits per heavy atom. The van der Waals surface area contributed by atoms with Gasteiger partial charge in [-0.2, -0.15) is 0 Å². The number of likely N-dealkylation sites (N-methyl/N-ethyl adjacent to an activating group) is 1. The lowest BCUT2D eigenvalue weighted by Gasteiger charge is -2.18. The predicted molar refractivity (Wildman–Crippen MR) is 78.3 cm³/mol. The highest BCUT2D eigenvalue weighted by Gasteiger charge is 1.99. The number of hydrogen-bond acceptors (Lipinski definition) is 3. The van der Waals surface area contributed by atoms with Crippen molar-refractivity contribution < 1.29 is 4.74 Å². The van der Waals surface area contributed by atoms with Gasteiger partial charge in [-0.3, -0.25) is 4.99 Å². The molecule has 0 bridgehead atoms. The van der Waals surface area contributed by atoms with Gasteiger partial charge in [0, 0.05) is 46.9 Å². The summed E-state index contributed by atoms with van der Waals surface area (Å²) < 4.78 is 5.04. The lowest BCUT2D eigenvalue weighted by Crippen LogP contribution is -2.41. The second-order valence-corrected chi connectivity index (χ2v) is 4.43. The molecule has 0 aliphatic heterocycles. The molecule has 0 aliphatic rings. The fourth-order valence-electron chi connectivity index (χ4n) is 1.56. The number of ether oxygens (including phenoxy) is 1. The van der Waals surface area contributed by atoms with Crippen LogP contribution < -0.4 is 10.6 Å². The molecule has 0 amide bonds. The zero-order valence-electron chi connectivity index (χ0n) is 12.5. The van der Waals surface area contributed by atoms with E-state index in [4.69, 9.17) is 4.74 Å². The molecule has 0 rings (SSSR count). The lowest BCUT2D eigenvalue weighted by molar-refractivity contribution is 0.180. The zero-order chi connectivity index (χ0) is 13.6. The normalized spacial score (nSPS) is 11.9. The van der Waals surface area contributed by atoms with Crippen LogP contribution in [0.1, 0.15) is 26.2 Å². The maximum Gasteiger partial charge on any atom is 0.191 e. The van der Waals surface area contributed by atoms with Crippen molar-refractivity contribution >= 4 is 5.96 Å². The summed E-state index contributed by atoms with van der Waals surface area (Å²) in [5.41, 5.74) is 0. The Bertz CT molecular complexity index is 209. The van der Waals surface area contributed by atoms with E-state index in [2.05, 4.69) is 34.5 Å². The first kappa shape index (κ1) is 17.2. The number of nitrogens with zero attached hydrogens (tertiary/aromatic N) is 2. The van der Waals surface area contributed by atoms with Crippen molar-refractivity contribution in [3.05, 3.63) is 0 Å². The molecule has 0 saturated heterocycles. The van der Waals surface area contributed by atoms with Crippen LogP contribution in [0.5, 0.6) is 0 Å². The van der Waals surface area contributed by atoms with Crippen molar-refractivity contribution in [2.75, 3.05) is 54.0 Å². The van der Waals surface area contributed by atoms with E-state index in [1.54, 1.807) is 7.11 Å². The second-order valence-electron chi connectivity index (χ2n) is 4.43. The molecule has 0 aromatic rings. The molecule has 5 nitrogen and oxygen atoms in total. The van der Waals surface area contributed by atoms with Crippen LogP contribution >= 0.6 is 0 Å². The molecule has 18 heavy (non-hydrogen) atoms. The second kappa shape index (κ2) is 12.6. The highest BCUT2D eigenvalue weighted by atomic mass is 16.5. The topological polar surface area (TPSA) is 48.9 Å². The minimum absolute atomic E-state index is 0.831. The van der Waals surface area contributed by atoms with Crippen molar-refractivity contribution in [1.29, 1.82) is 0 Å². The quantitative estimate of drug-likeness (QED) is 0.347. The molecule has 0 atom stereocenters. The molecule has 2 N–H and O–H groups in total. The van der Waals surface area contributed by atoms with Gasteiger partial charge in [0.2, 0.25) is 0 Å². The zero-order valence-corrected chi connectivity index (χ0v) is 12.5. The van der Waals surface area contributed by atoms with E-state index in [0.717, 1.165) is 45.2 Å². The molecular weight excluding hydrogens is 228 g/mol. The molecule has 0 aliphatic carbocycles. The summed E-state index contributed by atoms with van der Waals surface area (Å²) in [4.78, 5) is 6.49. The first-order valence-electron chi connectivity index (χ1n) is 6.86. The summed E-state index contributed by atoms with van der Waals surface area (Å²) >= 11 is 0. The Morgan fingerprint density at radius 1 is 1.17 bits per heavy atom. The highest BCUT2D eigenvalue weighted by Crippen LogP contribution is 1.87. The molecule has 5 heteroatoms. The van der Waals surface area contributed by atoms with Gasteiger partial charge >= 0.3 is 0 Å². The van der Waals surface area contributed by atoms with Crippen molar-refractivity contribution in [2.45, 2.75) is 26.2 Å². The summed E-state index contributed by atoms with van der Waals surface area (Å²) in [7, 11) is 5.68. The molecule has 108 valence electrons. The van der Waals surface area contributed by atoms with Gasteiger partial charge in [-0.1, -0.05) is 13.3 Å². The Labute approximate surface area is 112 Å². The summed E-state index contributed by atoms with van der Waals surface area (Å²) in [6, 6.07) is 0. The van der Waals surface area contributed by atoms with Crippen LogP contribution in [-0.2, 0) is 4.74 Å². The monoisotopic (exact) mass is 258 g/mol. The molecule has 0 radical (unpaired) electrons. The fraction of sp³-hybridized carbons (Fsp3) is 0.923. The van der Waals surface area contributed by atoms with Gasteiger partial charge in [0.25, 0.3) is 0 Å². The average molecular weight is 258 g/mol. The summed E-state index contributed by atoms with van der Waals surface area (Å²) in [6.45, 7) is 7.00. The van der Waals surface area contributed by atoms with E-state index in [9.17, 15) is 0 Å². The largest absolute Gasteiger partial charge is 0.385 e. The standard InChI is InChI=1S/C13H30N4O/c1-5-6-8-15-13(14-2)16-9-11-17(3)10-7-12-18-4/h5-12H2,1-4H3,(H2,14,15,16). The molecular formula is C13H30N4O. The average Bonchev–Trinajstić information content (AvgIpc) is 2.37. The molecule has 0 unspecified atom stereocenters. The number of aliphatic imine (C=N–C) groups is 1. The van der Waals surface area contributed by atoms with Gasteiger partial charge < -0.3 is 20.3 Å². The minimum atomic E-state index is 0.831. The molecule has 0 spiro atoms. The van der Waals surface area contributed by atoms with Gasteiger partial charge in [0.15, 0.2) is 5.96 Å². The van der Waals surface area contributed by atoms with Crippen molar-refractivity contribution in [2.24, 2.45) is 4.99 Å². The summed E-state index contributed by atoms with van der Waals surface area (Å²) in [5, 5.41) is 6.61. The van der Waals surface area contributed by atoms with Crippen LogP contribution in [0, 0.1) is 0 Å². The van der Waals surface area contributed by atoms with Crippen LogP contribution in [-0.4, -0.2) is 64.9 Å². The minimum Gasteiger partial charge on any atom is -0.385 e. The Balaban J connectivity index is 3.54. The van der Waals surface area contributed by atoms with Gasteiger partial charge in [-0.25, -0.2) is 0 Å². The van der Waals surface area contributed by atoms with Crippen LogP contribution in [0.4, 0.5) is 0 Å². The van der Waals surface area contributed by atoms with Gasteiger partial charge in [-0.05, 0) is 19.9 Å². The predicted octanol–water partition coefficient (Wildman–Crippen LogP) is 0.920. The first-order valence-corrected chi connectivity index (χ1v) is 6.86. The molecule has 0 aromatic heterocycles. The first-order chi connectivity index (χ1) is 8.74. The number of nitrogens with one attached hydrogen (secondary N) is 2. The van der Waals surface area contributed by atoms with Crippen molar-refractivity contribution in [1.82, 2.24) is 15.5 Å². The Morgan fingerprint density at radius 2 is 1.89 bits per heavy atom. The molecule has 0 saturated carbocycles. The third kappa shape index (κ3) is 10.4. The molecule has 0 fully saturated rings. The van der Waals surface area contributed by atoms with Crippen LogP contribution in [0.15, 0.2) is 4.99 Å². The lowest BCUT2D eigenvalue weighted by atomic mass is 10.3. The van der Waals surface area contributed by atoms with E-state index >= 15 is 0 Å². The summed E-state index contributed by atoms with van der Waals surface area (Å²) in [5.74, 6) is 0.897. The SMILES string of the molecule is CCCCNC(=NC)NCCN(C)CCCOC. The van der Waals surface area contributed by atoms with Gasteiger partial charge in [-0.15, -0.1) is 0 Å². The number of unbranched alkanes of at least 4 members (excludes halogenated alkanes) is 1. The van der Waals surface area contributed by atoms with Crippen LogP contribution in [0.25, 0.3) is 0 Å². The maximum atomic E-state index is 5.04. The van der Waals surface area contributed by atoms with Crippen molar-refractivity contribution in [3.63, 3.8) is 0 Å². The smallest absolute Gasteiger partial charge is 0.191 e. The number of hydrogen-bond donors (Lipinski definition) is 2. The van der Waals surface area contributed by atoms with E-state index in [1.165, 1.54) is 12.8 Å². The molecule has 0 heterocycles. The summed E-state index contributed by atoms with van der Waals surface area (Å²) in [6.07, 6.45) is 3.46. The Kier molecular flexibility index (Phi) is 12.1. The van der Waals surface area contributed by atoms with E-state index in [0.29, 0.717) is 0 Å². The third-order valence-electron chi connectivity index (χ3n) is 2.72. The van der Waals surface area contributed by atoms with Gasteiger partial charge in [0.05, 0.1) is 0 Å². The number of guanidine groups is 1. The van der Waals surface area contributed by atoms with E-state index < -0.39 is 0 Å². The number of methoxy groups -OCH3 is 1. The van der Waals surface area contributed by atoms with Crippen LogP contribution in [0.3, 0.4) is 0 Å². The maximum absolute atomic E-state index is 5.04. The Hall–Kier alpha value is -0.810. The van der Waals surface area contributed by atoms with E-state index in [1.807, 2.05) is 7.05 Å². The fourth-order valence-corrected chi connectivity index (χ4v) is 1.56.